The Kier molecular flexibility index (Phi) is 11.6. The zero-order valence-corrected chi connectivity index (χ0v) is 17.2. The number of hydrogen-bond acceptors (Lipinski definition) is 8. The number of phenolic OH excluding ortho intramolecular Hbond substituents is 1. The monoisotopic (exact) mass is 399 g/mol. The van der Waals surface area contributed by atoms with Gasteiger partial charge in [-0.05, 0) is 19.1 Å². The molecule has 1 aliphatic rings. The van der Waals surface area contributed by atoms with Crippen molar-refractivity contribution in [1.29, 1.82) is 0 Å². The number of carbonyl (C=O) groups excluding carboxylic acids is 1. The number of nitrogens with zero attached hydrogens (tertiary/aromatic N) is 1. The van der Waals surface area contributed by atoms with Crippen LogP contribution in [0.1, 0.15) is 26.3 Å². The summed E-state index contributed by atoms with van der Waals surface area (Å²) < 4.78 is 20.7. The number of hydrogen-bond donors (Lipinski definition) is 1. The largest absolute Gasteiger partial charge is 0.507 e. The molecule has 0 bridgehead atoms. The summed E-state index contributed by atoms with van der Waals surface area (Å²) in [6, 6.07) is 4.51. The maximum atomic E-state index is 11.7. The van der Waals surface area contributed by atoms with E-state index in [1.165, 1.54) is 17.8 Å². The number of thioether (sulfide) groups is 1. The number of methoxy groups -OCH3 is 1. The third-order valence-electron chi connectivity index (χ3n) is 3.34. The molecular weight excluding hydrogens is 370 g/mol. The summed E-state index contributed by atoms with van der Waals surface area (Å²) in [5.74, 6) is 0.790. The summed E-state index contributed by atoms with van der Waals surface area (Å²) in [4.78, 5) is 16.1. The average molecular weight is 400 g/mol. The highest BCUT2D eigenvalue weighted by Gasteiger charge is 2.27. The van der Waals surface area contributed by atoms with E-state index < -0.39 is 6.04 Å². The smallest absolute Gasteiger partial charge is 0.331 e. The molecular formula is C19H29NO6S. The Morgan fingerprint density at radius 3 is 2.67 bits per heavy atom. The summed E-state index contributed by atoms with van der Waals surface area (Å²) in [5.41, 5.74) is 0.584. The number of ether oxygens (including phenoxy) is 4. The van der Waals surface area contributed by atoms with Gasteiger partial charge in [-0.25, -0.2) is 4.79 Å². The van der Waals surface area contributed by atoms with E-state index in [0.717, 1.165) is 0 Å². The Morgan fingerprint density at radius 2 is 2.00 bits per heavy atom. The van der Waals surface area contributed by atoms with Crippen LogP contribution in [0.25, 0.3) is 0 Å². The van der Waals surface area contributed by atoms with Crippen molar-refractivity contribution in [3.05, 3.63) is 23.8 Å². The van der Waals surface area contributed by atoms with Gasteiger partial charge >= 0.3 is 5.97 Å². The highest BCUT2D eigenvalue weighted by molar-refractivity contribution is 8.14. The van der Waals surface area contributed by atoms with Gasteiger partial charge in [0.05, 0.1) is 26.4 Å². The van der Waals surface area contributed by atoms with Gasteiger partial charge in [-0.3, -0.25) is 4.99 Å². The fraction of sp³-hybridized carbons (Fsp3) is 0.579. The number of esters is 1. The first-order valence-electron chi connectivity index (χ1n) is 9.05. The molecule has 8 heteroatoms. The number of phenols is 1. The molecule has 0 amide bonds. The molecule has 0 saturated carbocycles. The molecule has 1 aliphatic heterocycles. The molecule has 0 radical (unpaired) electrons. The van der Waals surface area contributed by atoms with Crippen LogP contribution in [0.3, 0.4) is 0 Å². The molecule has 0 spiro atoms. The van der Waals surface area contributed by atoms with Crippen LogP contribution in [0.2, 0.25) is 0 Å². The fourth-order valence-electron chi connectivity index (χ4n) is 2.13. The highest BCUT2D eigenvalue weighted by Crippen LogP contribution is 2.31. The predicted octanol–water partition coefficient (Wildman–Crippen LogP) is 2.89. The van der Waals surface area contributed by atoms with Gasteiger partial charge in [0.25, 0.3) is 0 Å². The minimum atomic E-state index is -0.514. The number of aromatic hydroxyl groups is 1. The van der Waals surface area contributed by atoms with E-state index in [1.807, 2.05) is 13.8 Å². The lowest BCUT2D eigenvalue weighted by molar-refractivity contribution is -0.143. The molecule has 1 unspecified atom stereocenters. The quantitative estimate of drug-likeness (QED) is 0.478. The van der Waals surface area contributed by atoms with Gasteiger partial charge in [-0.15, -0.1) is 11.8 Å². The van der Waals surface area contributed by atoms with Crippen molar-refractivity contribution in [3.63, 3.8) is 0 Å². The van der Waals surface area contributed by atoms with E-state index in [4.69, 9.17) is 18.9 Å². The average Bonchev–Trinajstić information content (AvgIpc) is 3.16. The lowest BCUT2D eigenvalue weighted by Gasteiger charge is -2.09. The topological polar surface area (TPSA) is 86.6 Å². The van der Waals surface area contributed by atoms with Gasteiger partial charge in [0, 0.05) is 24.5 Å². The summed E-state index contributed by atoms with van der Waals surface area (Å²) in [6.07, 6.45) is 0. The van der Waals surface area contributed by atoms with Crippen molar-refractivity contribution in [2.24, 2.45) is 4.99 Å². The van der Waals surface area contributed by atoms with Crippen LogP contribution in [0.5, 0.6) is 11.5 Å². The van der Waals surface area contributed by atoms with E-state index >= 15 is 0 Å². The number of aliphatic imine (C=N–C) groups is 1. The molecule has 152 valence electrons. The molecule has 1 heterocycles. The van der Waals surface area contributed by atoms with Gasteiger partial charge in [-0.1, -0.05) is 13.8 Å². The molecule has 1 N–H and O–H groups in total. The van der Waals surface area contributed by atoms with Crippen molar-refractivity contribution in [1.82, 2.24) is 0 Å². The summed E-state index contributed by atoms with van der Waals surface area (Å²) in [6.45, 7) is 7.97. The van der Waals surface area contributed by atoms with E-state index in [2.05, 4.69) is 4.99 Å². The SMILES string of the molecule is CC.CCOC(=O)C1CSC(c2ccc(OCCOCCOC)cc2O)=N1. The Morgan fingerprint density at radius 1 is 1.26 bits per heavy atom. The second-order valence-corrected chi connectivity index (χ2v) is 6.15. The molecule has 27 heavy (non-hydrogen) atoms. The second-order valence-electron chi connectivity index (χ2n) is 5.15. The van der Waals surface area contributed by atoms with Crippen LogP contribution in [0.4, 0.5) is 0 Å². The zero-order chi connectivity index (χ0) is 20.1. The Balaban J connectivity index is 0.00000176. The van der Waals surface area contributed by atoms with Crippen molar-refractivity contribution in [2.75, 3.05) is 45.9 Å². The van der Waals surface area contributed by atoms with E-state index in [-0.39, 0.29) is 11.7 Å². The van der Waals surface area contributed by atoms with Crippen LogP contribution in [-0.4, -0.2) is 68.1 Å². The van der Waals surface area contributed by atoms with Gasteiger partial charge in [0.2, 0.25) is 0 Å². The van der Waals surface area contributed by atoms with Gasteiger partial charge < -0.3 is 24.1 Å². The molecule has 0 aromatic heterocycles. The third-order valence-corrected chi connectivity index (χ3v) is 4.42. The third kappa shape index (κ3) is 7.78. The van der Waals surface area contributed by atoms with Crippen LogP contribution in [0, 0.1) is 0 Å². The molecule has 2 rings (SSSR count). The summed E-state index contributed by atoms with van der Waals surface area (Å²) in [5, 5.41) is 10.8. The first-order chi connectivity index (χ1) is 13.2. The van der Waals surface area contributed by atoms with Crippen molar-refractivity contribution < 1.29 is 28.8 Å². The van der Waals surface area contributed by atoms with Gasteiger partial charge in [0.1, 0.15) is 23.1 Å². The van der Waals surface area contributed by atoms with E-state index in [9.17, 15) is 9.90 Å². The number of carbonyl (C=O) groups is 1. The molecule has 1 atom stereocenters. The summed E-state index contributed by atoms with van der Waals surface area (Å²) in [7, 11) is 1.62. The van der Waals surface area contributed by atoms with Crippen LogP contribution in [-0.2, 0) is 19.0 Å². The Hall–Kier alpha value is -1.77. The second kappa shape index (κ2) is 13.4. The minimum absolute atomic E-state index is 0.0635. The minimum Gasteiger partial charge on any atom is -0.507 e. The zero-order valence-electron chi connectivity index (χ0n) is 16.4. The van der Waals surface area contributed by atoms with Crippen LogP contribution in [0.15, 0.2) is 23.2 Å². The van der Waals surface area contributed by atoms with Crippen LogP contribution >= 0.6 is 11.8 Å². The Labute approximate surface area is 165 Å². The highest BCUT2D eigenvalue weighted by atomic mass is 32.2. The van der Waals surface area contributed by atoms with E-state index in [0.29, 0.717) is 55.1 Å². The standard InChI is InChI=1S/C17H23NO6S.C2H6/c1-3-23-17(20)14-11-25-16(18-14)13-5-4-12(10-15(13)19)24-9-8-22-7-6-21-2;1-2/h4-5,10,14,19H,3,6-9,11H2,1-2H3;1-2H3. The molecule has 1 aromatic carbocycles. The van der Waals surface area contributed by atoms with Crippen molar-refractivity contribution in [3.8, 4) is 11.5 Å². The molecule has 1 aromatic rings. The number of benzene rings is 1. The molecule has 0 saturated heterocycles. The first-order valence-corrected chi connectivity index (χ1v) is 10.0. The van der Waals surface area contributed by atoms with Gasteiger partial charge in [0.15, 0.2) is 6.04 Å². The number of rotatable bonds is 10. The lowest BCUT2D eigenvalue weighted by Crippen LogP contribution is -2.21. The first kappa shape index (κ1) is 23.3. The normalized spacial score (nSPS) is 15.6. The van der Waals surface area contributed by atoms with Gasteiger partial charge in [-0.2, -0.15) is 0 Å². The van der Waals surface area contributed by atoms with Crippen LogP contribution < -0.4 is 4.74 Å². The molecule has 7 nitrogen and oxygen atoms in total. The van der Waals surface area contributed by atoms with Crippen molar-refractivity contribution in [2.45, 2.75) is 26.8 Å². The molecule has 0 fully saturated rings. The Bertz CT molecular complexity index is 608. The maximum absolute atomic E-state index is 11.7. The lowest BCUT2D eigenvalue weighted by atomic mass is 10.2. The van der Waals surface area contributed by atoms with E-state index in [1.54, 1.807) is 26.2 Å². The fourth-order valence-corrected chi connectivity index (χ4v) is 3.18. The predicted molar refractivity (Wildman–Crippen MR) is 107 cm³/mol. The summed E-state index contributed by atoms with van der Waals surface area (Å²) >= 11 is 1.42. The van der Waals surface area contributed by atoms with Crippen molar-refractivity contribution >= 4 is 22.8 Å². The molecule has 0 aliphatic carbocycles. The maximum Gasteiger partial charge on any atom is 0.331 e.